The van der Waals surface area contributed by atoms with Gasteiger partial charge >= 0.3 is 0 Å². The van der Waals surface area contributed by atoms with E-state index in [4.69, 9.17) is 20.9 Å². The maximum atomic E-state index is 12.6. The van der Waals surface area contributed by atoms with E-state index in [1.165, 1.54) is 6.21 Å². The number of hydrogen-bond acceptors (Lipinski definition) is 6. The zero-order chi connectivity index (χ0) is 22.4. The van der Waals surface area contributed by atoms with E-state index in [0.29, 0.717) is 47.7 Å². The number of nitrogens with one attached hydrogen (secondary N) is 2. The third-order valence-electron chi connectivity index (χ3n) is 4.90. The number of carbonyl (C=O) groups is 1. The number of amides is 1. The molecule has 0 aliphatic carbocycles. The van der Waals surface area contributed by atoms with Gasteiger partial charge in [-0.3, -0.25) is 9.78 Å². The number of aryl methyl sites for hydroxylation is 1. The highest BCUT2D eigenvalue weighted by Crippen LogP contribution is 2.30. The van der Waals surface area contributed by atoms with Gasteiger partial charge in [0.25, 0.3) is 5.91 Å². The molecule has 0 atom stereocenters. The van der Waals surface area contributed by atoms with E-state index < -0.39 is 0 Å². The first-order valence-electron chi connectivity index (χ1n) is 10.2. The van der Waals surface area contributed by atoms with Gasteiger partial charge in [0, 0.05) is 52.9 Å². The maximum absolute atomic E-state index is 12.6. The Hall–Kier alpha value is -3.74. The number of nitrogens with zero attached hydrogens (tertiary/aromatic N) is 2. The number of hydrogen-bond donors (Lipinski definition) is 3. The van der Waals surface area contributed by atoms with Crippen molar-refractivity contribution in [1.82, 2.24) is 15.3 Å². The molecular weight excluding hydrogens is 390 g/mol. The molecule has 0 saturated heterocycles. The summed E-state index contributed by atoms with van der Waals surface area (Å²) in [6.07, 6.45) is 3.50. The zero-order valence-electron chi connectivity index (χ0n) is 18.0. The molecule has 0 spiro atoms. The molecule has 3 aromatic rings. The van der Waals surface area contributed by atoms with Crippen LogP contribution in [0, 0.1) is 12.3 Å². The molecule has 2 heterocycles. The van der Waals surface area contributed by atoms with Crippen LogP contribution in [0.1, 0.15) is 36.3 Å². The van der Waals surface area contributed by atoms with Gasteiger partial charge < -0.3 is 21.2 Å². The Morgan fingerprint density at radius 3 is 2.71 bits per heavy atom. The van der Waals surface area contributed by atoms with Crippen LogP contribution in [-0.2, 0) is 0 Å². The first-order valence-corrected chi connectivity index (χ1v) is 10.2. The first-order chi connectivity index (χ1) is 14.9. The van der Waals surface area contributed by atoms with Crippen LogP contribution < -0.4 is 15.8 Å². The van der Waals surface area contributed by atoms with Crippen molar-refractivity contribution in [1.29, 1.82) is 5.41 Å². The molecule has 31 heavy (non-hydrogen) atoms. The van der Waals surface area contributed by atoms with Crippen LogP contribution in [0.25, 0.3) is 22.2 Å². The van der Waals surface area contributed by atoms with Crippen LogP contribution in [0.2, 0.25) is 0 Å². The summed E-state index contributed by atoms with van der Waals surface area (Å²) in [6.45, 7) is 6.53. The molecule has 0 fully saturated rings. The fourth-order valence-corrected chi connectivity index (χ4v) is 3.18. The van der Waals surface area contributed by atoms with Gasteiger partial charge in [-0.25, -0.2) is 4.98 Å². The van der Waals surface area contributed by atoms with E-state index in [9.17, 15) is 4.79 Å². The predicted molar refractivity (Wildman–Crippen MR) is 124 cm³/mol. The Morgan fingerprint density at radius 2 is 2.06 bits per heavy atom. The minimum absolute atomic E-state index is 0.205. The topological polar surface area (TPSA) is 114 Å². The number of rotatable bonds is 8. The van der Waals surface area contributed by atoms with E-state index in [1.54, 1.807) is 25.3 Å². The summed E-state index contributed by atoms with van der Waals surface area (Å²) in [6, 6.07) is 11.2. The summed E-state index contributed by atoms with van der Waals surface area (Å²) >= 11 is 0. The minimum atomic E-state index is -0.205. The molecule has 0 unspecified atom stereocenters. The predicted octanol–water partition coefficient (Wildman–Crippen LogP) is 4.01. The third kappa shape index (κ3) is 5.25. The average molecular weight is 418 g/mol. The Morgan fingerprint density at radius 1 is 1.26 bits per heavy atom. The van der Waals surface area contributed by atoms with Crippen LogP contribution in [0.15, 0.2) is 53.9 Å². The fraction of sp³-hybridized carbons (Fsp3) is 0.250. The second-order valence-corrected chi connectivity index (χ2v) is 7.22. The number of allylic oxidation sites excluding steroid dienone is 1. The first kappa shape index (κ1) is 22.0. The van der Waals surface area contributed by atoms with Crippen molar-refractivity contribution >= 4 is 23.0 Å². The summed E-state index contributed by atoms with van der Waals surface area (Å²) in [4.78, 5) is 21.7. The molecule has 4 N–H and O–H groups in total. The summed E-state index contributed by atoms with van der Waals surface area (Å²) in [7, 11) is 0. The Kier molecular flexibility index (Phi) is 6.97. The van der Waals surface area contributed by atoms with Crippen LogP contribution >= 0.6 is 0 Å². The molecule has 2 aromatic heterocycles. The van der Waals surface area contributed by atoms with Crippen molar-refractivity contribution in [3.05, 3.63) is 65.1 Å². The molecule has 0 radical (unpaired) electrons. The Balaban J connectivity index is 1.90. The molecule has 0 aliphatic rings. The summed E-state index contributed by atoms with van der Waals surface area (Å²) in [5.74, 6) is 0.511. The highest BCUT2D eigenvalue weighted by atomic mass is 16.5. The van der Waals surface area contributed by atoms with E-state index in [0.717, 1.165) is 22.3 Å². The van der Waals surface area contributed by atoms with Gasteiger partial charge in [0.2, 0.25) is 0 Å². The van der Waals surface area contributed by atoms with Crippen LogP contribution in [0.3, 0.4) is 0 Å². The van der Waals surface area contributed by atoms with E-state index in [1.807, 2.05) is 38.1 Å². The fourth-order valence-electron chi connectivity index (χ4n) is 3.18. The third-order valence-corrected chi connectivity index (χ3v) is 4.90. The number of benzene rings is 1. The van der Waals surface area contributed by atoms with Crippen LogP contribution in [-0.4, -0.2) is 35.2 Å². The molecule has 1 amide bonds. The summed E-state index contributed by atoms with van der Waals surface area (Å²) in [5, 5.41) is 11.1. The molecule has 3 rings (SSSR count). The zero-order valence-corrected chi connectivity index (χ0v) is 18.0. The van der Waals surface area contributed by atoms with Gasteiger partial charge in [0.15, 0.2) is 0 Å². The lowest BCUT2D eigenvalue weighted by Gasteiger charge is -2.12. The molecular formula is C24H27N5O2. The number of ether oxygens (including phenoxy) is 1. The molecule has 0 aliphatic heterocycles. The lowest BCUT2D eigenvalue weighted by Crippen LogP contribution is -2.25. The minimum Gasteiger partial charge on any atom is -0.493 e. The van der Waals surface area contributed by atoms with Crippen molar-refractivity contribution in [3.63, 3.8) is 0 Å². The number of pyridine rings is 2. The lowest BCUT2D eigenvalue weighted by molar-refractivity contribution is 0.0954. The van der Waals surface area contributed by atoms with Crippen molar-refractivity contribution in [2.75, 3.05) is 13.2 Å². The van der Waals surface area contributed by atoms with Gasteiger partial charge in [-0.05, 0) is 63.1 Å². The quantitative estimate of drug-likeness (QED) is 0.479. The smallest absolute Gasteiger partial charge is 0.251 e. The van der Waals surface area contributed by atoms with Crippen molar-refractivity contribution in [2.45, 2.75) is 27.2 Å². The number of aromatic nitrogens is 2. The number of fused-ring (bicyclic) bond motifs is 1. The van der Waals surface area contributed by atoms with Crippen molar-refractivity contribution < 1.29 is 9.53 Å². The molecule has 160 valence electrons. The van der Waals surface area contributed by atoms with Crippen molar-refractivity contribution in [3.8, 4) is 17.0 Å². The molecule has 1 aromatic carbocycles. The number of carbonyl (C=O) groups excluding carboxylic acids is 1. The Bertz CT molecular complexity index is 1130. The molecule has 7 heteroatoms. The monoisotopic (exact) mass is 417 g/mol. The van der Waals surface area contributed by atoms with Gasteiger partial charge in [-0.1, -0.05) is 0 Å². The summed E-state index contributed by atoms with van der Waals surface area (Å²) in [5.41, 5.74) is 10.8. The van der Waals surface area contributed by atoms with Gasteiger partial charge in [-0.15, -0.1) is 0 Å². The molecule has 0 saturated carbocycles. The van der Waals surface area contributed by atoms with E-state index in [2.05, 4.69) is 10.3 Å². The van der Waals surface area contributed by atoms with Crippen LogP contribution in [0.5, 0.6) is 5.75 Å². The highest BCUT2D eigenvalue weighted by Gasteiger charge is 2.13. The normalized spacial score (nSPS) is 11.7. The maximum Gasteiger partial charge on any atom is 0.251 e. The summed E-state index contributed by atoms with van der Waals surface area (Å²) < 4.78 is 5.83. The Labute approximate surface area is 181 Å². The van der Waals surface area contributed by atoms with E-state index >= 15 is 0 Å². The van der Waals surface area contributed by atoms with Gasteiger partial charge in [0.1, 0.15) is 5.75 Å². The molecule has 7 nitrogen and oxygen atoms in total. The largest absolute Gasteiger partial charge is 0.493 e. The van der Waals surface area contributed by atoms with Crippen LogP contribution in [0.4, 0.5) is 0 Å². The van der Waals surface area contributed by atoms with Crippen molar-refractivity contribution in [2.24, 2.45) is 5.73 Å². The van der Waals surface area contributed by atoms with E-state index in [-0.39, 0.29) is 5.91 Å². The highest BCUT2D eigenvalue weighted by molar-refractivity contribution is 5.99. The standard InChI is InChI=1S/C24H27N5O2/c1-4-31-23-12-21(19-6-5-15(2)28-14-19)29-22-11-17(7-8-20(22)23)24(30)27-10-9-18(13-25)16(3)26/h5-8,11-14,25H,4,9-10,26H2,1-3H3,(H,27,30). The SMILES string of the molecule is CCOc1cc(-c2ccc(C)nc2)nc2cc(C(=O)NCCC(C=N)=C(C)N)ccc12. The lowest BCUT2D eigenvalue weighted by atomic mass is 10.1. The second-order valence-electron chi connectivity index (χ2n) is 7.22. The molecule has 0 bridgehead atoms. The van der Waals surface area contributed by atoms with Gasteiger partial charge in [-0.2, -0.15) is 0 Å². The number of nitrogens with two attached hydrogens (primary N) is 1. The second kappa shape index (κ2) is 9.84. The van der Waals surface area contributed by atoms with Gasteiger partial charge in [0.05, 0.1) is 17.8 Å². The average Bonchev–Trinajstić information content (AvgIpc) is 2.76.